The van der Waals surface area contributed by atoms with Gasteiger partial charge in [0, 0.05) is 14.0 Å². The van der Waals surface area contributed by atoms with Crippen molar-refractivity contribution in [2.24, 2.45) is 29.1 Å². The number of methoxy groups -OCH3 is 1. The molecule has 0 unspecified atom stereocenters. The van der Waals surface area contributed by atoms with Crippen LogP contribution >= 0.6 is 54.5 Å². The first kappa shape index (κ1) is 30.6. The maximum absolute atomic E-state index is 14.6. The number of allylic oxidation sites excluding steroid dienone is 2. The van der Waals surface area contributed by atoms with Crippen LogP contribution in [0.25, 0.3) is 0 Å². The summed E-state index contributed by atoms with van der Waals surface area (Å²) >= 11 is 9.32. The minimum atomic E-state index is -1.23. The second kappa shape index (κ2) is 11.0. The van der Waals surface area contributed by atoms with Gasteiger partial charge in [0.05, 0.1) is 46.1 Å². The van der Waals surface area contributed by atoms with Crippen molar-refractivity contribution in [3.8, 4) is 11.5 Å². The van der Waals surface area contributed by atoms with Crippen LogP contribution in [-0.2, 0) is 19.2 Å². The summed E-state index contributed by atoms with van der Waals surface area (Å²) in [7, 11) is 1.45. The first-order chi connectivity index (χ1) is 21.5. The molecule has 6 atom stereocenters. The monoisotopic (exact) mass is 844 g/mol. The number of ether oxygens (including phenoxy) is 1. The van der Waals surface area contributed by atoms with Crippen molar-refractivity contribution in [3.05, 3.63) is 90.4 Å². The van der Waals surface area contributed by atoms with E-state index in [1.165, 1.54) is 16.9 Å². The molecule has 3 aromatic carbocycles. The third-order valence-electron chi connectivity index (χ3n) is 10.1. The van der Waals surface area contributed by atoms with Crippen LogP contribution in [0.3, 0.4) is 0 Å². The number of fused-ring (bicyclic) bond motifs is 4. The minimum Gasteiger partial charge on any atom is -0.503 e. The Bertz CT molecular complexity index is 1830. The Labute approximate surface area is 290 Å². The van der Waals surface area contributed by atoms with Gasteiger partial charge in [-0.1, -0.05) is 29.8 Å². The zero-order chi connectivity index (χ0) is 31.9. The van der Waals surface area contributed by atoms with Crippen molar-refractivity contribution >= 4 is 89.5 Å². The molecule has 2 aliphatic carbocycles. The van der Waals surface area contributed by atoms with Gasteiger partial charge in [-0.25, -0.2) is 4.90 Å². The first-order valence-electron chi connectivity index (χ1n) is 14.5. The molecular weight excluding hydrogens is 819 g/mol. The Morgan fingerprint density at radius 3 is 2.22 bits per heavy atom. The van der Waals surface area contributed by atoms with Gasteiger partial charge in [0.2, 0.25) is 23.6 Å². The lowest BCUT2D eigenvalue weighted by Gasteiger charge is -2.49. The lowest BCUT2D eigenvalue weighted by molar-refractivity contribution is -0.131. The zero-order valence-electron chi connectivity index (χ0n) is 24.2. The van der Waals surface area contributed by atoms with Gasteiger partial charge in [0.15, 0.2) is 11.5 Å². The number of para-hydroxylation sites is 1. The number of anilines is 2. The number of halogens is 3. The largest absolute Gasteiger partial charge is 0.503 e. The molecule has 0 radical (unpaired) electrons. The van der Waals surface area contributed by atoms with E-state index in [0.717, 1.165) is 9.14 Å². The van der Waals surface area contributed by atoms with Crippen molar-refractivity contribution in [2.75, 3.05) is 16.9 Å². The van der Waals surface area contributed by atoms with Crippen LogP contribution < -0.4 is 14.5 Å². The summed E-state index contributed by atoms with van der Waals surface area (Å²) in [6.45, 7) is 1.83. The van der Waals surface area contributed by atoms with Gasteiger partial charge in [0.25, 0.3) is 0 Å². The maximum atomic E-state index is 14.6. The summed E-state index contributed by atoms with van der Waals surface area (Å²) in [6, 6.07) is 17.8. The van der Waals surface area contributed by atoms with E-state index in [1.807, 2.05) is 31.2 Å². The molecule has 0 spiro atoms. The molecule has 2 saturated heterocycles. The number of carbonyl (C=O) groups excluding carboxylic acids is 4. The molecule has 2 heterocycles. The molecule has 4 aliphatic rings. The molecule has 3 aromatic rings. The van der Waals surface area contributed by atoms with Crippen molar-refractivity contribution in [3.63, 3.8) is 0 Å². The normalized spacial score (nSPS) is 29.0. The zero-order valence-corrected chi connectivity index (χ0v) is 29.5. The molecule has 4 amide bonds. The Morgan fingerprint density at radius 2 is 1.56 bits per heavy atom. The van der Waals surface area contributed by atoms with Crippen LogP contribution in [-0.4, -0.2) is 35.8 Å². The Balaban J connectivity index is 1.41. The van der Waals surface area contributed by atoms with Crippen molar-refractivity contribution in [1.29, 1.82) is 0 Å². The highest BCUT2D eigenvalue weighted by molar-refractivity contribution is 14.1. The van der Waals surface area contributed by atoms with Crippen LogP contribution in [0.2, 0.25) is 0 Å². The van der Waals surface area contributed by atoms with Gasteiger partial charge in [-0.3, -0.25) is 24.1 Å². The van der Waals surface area contributed by atoms with Crippen molar-refractivity contribution in [1.82, 2.24) is 0 Å². The molecule has 1 N–H and O–H groups in total. The number of rotatable bonds is 4. The van der Waals surface area contributed by atoms with E-state index in [9.17, 15) is 24.3 Å². The molecule has 0 aromatic heterocycles. The fourth-order valence-corrected chi connectivity index (χ4v) is 9.32. The Morgan fingerprint density at radius 1 is 0.889 bits per heavy atom. The Kier molecular flexibility index (Phi) is 7.52. The summed E-state index contributed by atoms with van der Waals surface area (Å²) in [4.78, 5) is 59.5. The molecule has 45 heavy (non-hydrogen) atoms. The second-order valence-corrected chi connectivity index (χ2v) is 15.0. The van der Waals surface area contributed by atoms with E-state index >= 15 is 0 Å². The predicted molar refractivity (Wildman–Crippen MR) is 183 cm³/mol. The number of phenolic OH excluding ortho intramolecular Hbond substituents is 1. The van der Waals surface area contributed by atoms with E-state index in [2.05, 4.69) is 54.5 Å². The summed E-state index contributed by atoms with van der Waals surface area (Å²) in [6.07, 6.45) is 2.59. The summed E-state index contributed by atoms with van der Waals surface area (Å²) in [5.41, 5.74) is 1.26. The number of nitrogens with zero attached hydrogens (tertiary/aromatic N) is 2. The minimum absolute atomic E-state index is 0.107. The number of benzene rings is 3. The number of aromatic hydroxyl groups is 1. The summed E-state index contributed by atoms with van der Waals surface area (Å²) < 4.78 is 7.37. The van der Waals surface area contributed by atoms with Gasteiger partial charge in [-0.05, 0) is 128 Å². The third kappa shape index (κ3) is 4.32. The average molecular weight is 846 g/mol. The van der Waals surface area contributed by atoms with Gasteiger partial charge in [-0.15, -0.1) is 0 Å². The Hall–Kier alpha value is -3.03. The van der Waals surface area contributed by atoms with Crippen molar-refractivity contribution < 1.29 is 29.0 Å². The van der Waals surface area contributed by atoms with Crippen LogP contribution in [0.4, 0.5) is 11.4 Å². The van der Waals surface area contributed by atoms with Gasteiger partial charge < -0.3 is 9.84 Å². The van der Waals surface area contributed by atoms with E-state index in [-0.39, 0.29) is 41.5 Å². The van der Waals surface area contributed by atoms with Crippen molar-refractivity contribution in [2.45, 2.75) is 25.7 Å². The van der Waals surface area contributed by atoms with E-state index in [4.69, 9.17) is 4.74 Å². The van der Waals surface area contributed by atoms with E-state index in [1.54, 1.807) is 42.5 Å². The van der Waals surface area contributed by atoms with Gasteiger partial charge in [-0.2, -0.15) is 0 Å². The highest BCUT2D eigenvalue weighted by atomic mass is 127. The highest BCUT2D eigenvalue weighted by Crippen LogP contribution is 2.65. The molecule has 11 heteroatoms. The lowest BCUT2D eigenvalue weighted by atomic mass is 9.51. The number of carbonyl (C=O) groups is 4. The van der Waals surface area contributed by atoms with Crippen LogP contribution in [0, 0.1) is 32.7 Å². The fraction of sp³-hybridized carbons (Fsp3) is 0.294. The van der Waals surface area contributed by atoms with E-state index < -0.39 is 35.0 Å². The van der Waals surface area contributed by atoms with E-state index in [0.29, 0.717) is 32.3 Å². The number of imide groups is 2. The molecule has 7 rings (SSSR count). The molecular formula is C34H27Br2IN2O6. The molecule has 8 nitrogen and oxygen atoms in total. The molecule has 3 fully saturated rings. The number of hydrogen-bond donors (Lipinski definition) is 1. The smallest absolute Gasteiger partial charge is 0.241 e. The molecule has 2 aliphatic heterocycles. The highest BCUT2D eigenvalue weighted by Gasteiger charge is 2.68. The lowest BCUT2D eigenvalue weighted by Crippen LogP contribution is -2.49. The molecule has 0 bridgehead atoms. The first-order valence-corrected chi connectivity index (χ1v) is 17.2. The predicted octanol–water partition coefficient (Wildman–Crippen LogP) is 6.97. The number of hydrogen-bond acceptors (Lipinski definition) is 6. The maximum Gasteiger partial charge on any atom is 0.241 e. The van der Waals surface area contributed by atoms with Gasteiger partial charge >= 0.3 is 0 Å². The van der Waals surface area contributed by atoms with Crippen LogP contribution in [0.1, 0.15) is 31.2 Å². The van der Waals surface area contributed by atoms with Gasteiger partial charge in [0.1, 0.15) is 0 Å². The number of phenols is 1. The molecule has 230 valence electrons. The standard InChI is InChI=1S/C34H27Br2IN2O6/c1-34-23(31(42)39(33(34)44)17-6-4-3-5-7-17)14-21-19(26(34)22-15-24(45-2)29(40)28(36)27(22)35)12-13-20-25(21)32(43)38(30(20)41)18-10-8-16(37)9-11-18/h3-12,15,20-21,23,25-26,40H,13-14H2,1-2H3/t20-,21+,23-,25-,26+,34+/m0/s1. The summed E-state index contributed by atoms with van der Waals surface area (Å²) in [5, 5.41) is 10.8. The SMILES string of the molecule is COc1cc([C@H]2C3=CC[C@@H]4C(=O)N(c5ccc(I)cc5)C(=O)[C@@H]4[C@@H]3C[C@H]3C(=O)N(c4ccccc4)C(=O)[C@@]23C)c(Br)c(Br)c1O. The topological polar surface area (TPSA) is 104 Å². The average Bonchev–Trinajstić information content (AvgIpc) is 3.41. The molecule has 1 saturated carbocycles. The third-order valence-corrected chi connectivity index (χ3v) is 13.0. The van der Waals surface area contributed by atoms with Crippen LogP contribution in [0.5, 0.6) is 11.5 Å². The quantitative estimate of drug-likeness (QED) is 0.173. The fourth-order valence-electron chi connectivity index (χ4n) is 8.00. The van der Waals surface area contributed by atoms with Crippen LogP contribution in [0.15, 0.2) is 81.3 Å². The number of amides is 4. The summed E-state index contributed by atoms with van der Waals surface area (Å²) in [5.74, 6) is -4.25. The second-order valence-electron chi connectivity index (χ2n) is 12.1.